The molecule has 6 nitrogen and oxygen atoms in total. The summed E-state index contributed by atoms with van der Waals surface area (Å²) in [5.74, 6) is -2.70. The first-order chi connectivity index (χ1) is 10.2. The van der Waals surface area contributed by atoms with Gasteiger partial charge in [-0.05, 0) is 11.5 Å². The molecule has 0 bridgehead atoms. The van der Waals surface area contributed by atoms with Crippen LogP contribution in [0, 0.1) is 5.92 Å². The molecule has 0 aliphatic rings. The minimum absolute atomic E-state index is 0.0726. The maximum absolute atomic E-state index is 12.2. The summed E-state index contributed by atoms with van der Waals surface area (Å²) >= 11 is 0. The standard InChI is InChI=1S/C15H21NO5S/c1-12(2)10-22(20,21)11-14(17)16(9-15(18)19)8-13-6-4-3-5-7-13/h3-7,12H,8-11H2,1-2H3,(H,18,19). The average molecular weight is 327 g/mol. The highest BCUT2D eigenvalue weighted by Crippen LogP contribution is 2.08. The van der Waals surface area contributed by atoms with Gasteiger partial charge in [-0.2, -0.15) is 0 Å². The second kappa shape index (κ2) is 7.93. The first-order valence-electron chi connectivity index (χ1n) is 6.93. The molecule has 7 heteroatoms. The Kier molecular flexibility index (Phi) is 6.55. The monoisotopic (exact) mass is 327 g/mol. The van der Waals surface area contributed by atoms with Crippen LogP contribution >= 0.6 is 0 Å². The SMILES string of the molecule is CC(C)CS(=O)(=O)CC(=O)N(CC(=O)O)Cc1ccccc1. The van der Waals surface area contributed by atoms with E-state index >= 15 is 0 Å². The van der Waals surface area contributed by atoms with Gasteiger partial charge in [0.2, 0.25) is 5.91 Å². The molecule has 0 aliphatic heterocycles. The normalized spacial score (nSPS) is 11.4. The van der Waals surface area contributed by atoms with Gasteiger partial charge in [-0.15, -0.1) is 0 Å². The number of benzene rings is 1. The van der Waals surface area contributed by atoms with Crippen molar-refractivity contribution in [3.63, 3.8) is 0 Å². The zero-order valence-corrected chi connectivity index (χ0v) is 13.5. The van der Waals surface area contributed by atoms with Crippen LogP contribution in [-0.2, 0) is 26.0 Å². The van der Waals surface area contributed by atoms with E-state index in [9.17, 15) is 18.0 Å². The Morgan fingerprint density at radius 2 is 1.77 bits per heavy atom. The Labute approximate surface area is 130 Å². The molecule has 0 aliphatic carbocycles. The number of carboxylic acids is 1. The molecule has 0 unspecified atom stereocenters. The van der Waals surface area contributed by atoms with Crippen molar-refractivity contribution < 1.29 is 23.1 Å². The highest BCUT2D eigenvalue weighted by molar-refractivity contribution is 7.92. The summed E-state index contributed by atoms with van der Waals surface area (Å²) in [6, 6.07) is 8.86. The second-order valence-corrected chi connectivity index (χ2v) is 7.69. The molecule has 0 spiro atoms. The highest BCUT2D eigenvalue weighted by atomic mass is 32.2. The van der Waals surface area contributed by atoms with Gasteiger partial charge in [0.15, 0.2) is 9.84 Å². The Hall–Kier alpha value is -1.89. The maximum atomic E-state index is 12.2. The Morgan fingerprint density at radius 3 is 2.27 bits per heavy atom. The van der Waals surface area contributed by atoms with Crippen LogP contribution in [0.1, 0.15) is 19.4 Å². The van der Waals surface area contributed by atoms with Crippen LogP contribution in [0.2, 0.25) is 0 Å². The van der Waals surface area contributed by atoms with Gasteiger partial charge in [0, 0.05) is 6.54 Å². The lowest BCUT2D eigenvalue weighted by atomic mass is 10.2. The third-order valence-corrected chi connectivity index (χ3v) is 4.69. The quantitative estimate of drug-likeness (QED) is 0.774. The third kappa shape index (κ3) is 6.71. The summed E-state index contributed by atoms with van der Waals surface area (Å²) < 4.78 is 23.8. The van der Waals surface area contributed by atoms with Crippen LogP contribution in [0.25, 0.3) is 0 Å². The molecule has 1 aromatic carbocycles. The van der Waals surface area contributed by atoms with E-state index in [1.165, 1.54) is 0 Å². The number of hydrogen-bond acceptors (Lipinski definition) is 4. The van der Waals surface area contributed by atoms with Gasteiger partial charge in [0.1, 0.15) is 12.3 Å². The predicted octanol–water partition coefficient (Wildman–Crippen LogP) is 1.17. The molecule has 1 amide bonds. The fraction of sp³-hybridized carbons (Fsp3) is 0.467. The van der Waals surface area contributed by atoms with Crippen molar-refractivity contribution in [2.45, 2.75) is 20.4 Å². The van der Waals surface area contributed by atoms with E-state index in [-0.39, 0.29) is 18.2 Å². The lowest BCUT2D eigenvalue weighted by Crippen LogP contribution is -2.39. The van der Waals surface area contributed by atoms with Crippen molar-refractivity contribution in [1.82, 2.24) is 4.90 Å². The number of carbonyl (C=O) groups is 2. The number of sulfone groups is 1. The van der Waals surface area contributed by atoms with E-state index in [0.717, 1.165) is 10.5 Å². The predicted molar refractivity (Wildman–Crippen MR) is 83.0 cm³/mol. The minimum atomic E-state index is -3.54. The van der Waals surface area contributed by atoms with Crippen molar-refractivity contribution in [2.24, 2.45) is 5.92 Å². The van der Waals surface area contributed by atoms with E-state index in [0.29, 0.717) is 0 Å². The summed E-state index contributed by atoms with van der Waals surface area (Å²) in [6.45, 7) is 3.05. The molecule has 0 atom stereocenters. The highest BCUT2D eigenvalue weighted by Gasteiger charge is 2.24. The van der Waals surface area contributed by atoms with Gasteiger partial charge in [-0.25, -0.2) is 8.42 Å². The summed E-state index contributed by atoms with van der Waals surface area (Å²) in [5.41, 5.74) is 0.748. The van der Waals surface area contributed by atoms with Gasteiger partial charge in [0.05, 0.1) is 5.75 Å². The molecule has 122 valence electrons. The molecule has 0 aromatic heterocycles. The van der Waals surface area contributed by atoms with Crippen molar-refractivity contribution in [2.75, 3.05) is 18.1 Å². The van der Waals surface area contributed by atoms with E-state index in [4.69, 9.17) is 5.11 Å². The van der Waals surface area contributed by atoms with E-state index in [2.05, 4.69) is 0 Å². The smallest absolute Gasteiger partial charge is 0.323 e. The second-order valence-electron chi connectivity index (χ2n) is 5.58. The van der Waals surface area contributed by atoms with Crippen LogP contribution in [-0.4, -0.2) is 48.4 Å². The molecule has 0 saturated carbocycles. The van der Waals surface area contributed by atoms with Crippen LogP contribution in [0.15, 0.2) is 30.3 Å². The first kappa shape index (κ1) is 18.2. The summed E-state index contributed by atoms with van der Waals surface area (Å²) in [7, 11) is -3.54. The molecular formula is C15H21NO5S. The lowest BCUT2D eigenvalue weighted by molar-refractivity contribution is -0.143. The van der Waals surface area contributed by atoms with Crippen molar-refractivity contribution >= 4 is 21.7 Å². The number of rotatable bonds is 8. The van der Waals surface area contributed by atoms with Crippen LogP contribution in [0.3, 0.4) is 0 Å². The molecule has 0 saturated heterocycles. The summed E-state index contributed by atoms with van der Waals surface area (Å²) in [5, 5.41) is 8.91. The van der Waals surface area contributed by atoms with E-state index < -0.39 is 34.0 Å². The van der Waals surface area contributed by atoms with E-state index in [1.807, 2.05) is 0 Å². The number of aliphatic carboxylic acids is 1. The van der Waals surface area contributed by atoms with Crippen molar-refractivity contribution in [3.05, 3.63) is 35.9 Å². The Balaban J connectivity index is 2.83. The van der Waals surface area contributed by atoms with Crippen LogP contribution in [0.4, 0.5) is 0 Å². The molecule has 0 fully saturated rings. The molecule has 0 radical (unpaired) electrons. The van der Waals surface area contributed by atoms with Gasteiger partial charge in [-0.3, -0.25) is 9.59 Å². The topological polar surface area (TPSA) is 91.8 Å². The Morgan fingerprint density at radius 1 is 1.18 bits per heavy atom. The minimum Gasteiger partial charge on any atom is -0.480 e. The fourth-order valence-electron chi connectivity index (χ4n) is 2.05. The third-order valence-electron chi connectivity index (χ3n) is 2.83. The molecule has 1 N–H and O–H groups in total. The number of hydrogen-bond donors (Lipinski definition) is 1. The Bertz CT molecular complexity index is 610. The number of amides is 1. The van der Waals surface area contributed by atoms with Gasteiger partial charge in [-0.1, -0.05) is 44.2 Å². The molecule has 22 heavy (non-hydrogen) atoms. The van der Waals surface area contributed by atoms with Gasteiger partial charge in [0.25, 0.3) is 0 Å². The maximum Gasteiger partial charge on any atom is 0.323 e. The van der Waals surface area contributed by atoms with Crippen molar-refractivity contribution in [3.8, 4) is 0 Å². The summed E-state index contributed by atoms with van der Waals surface area (Å²) in [4.78, 5) is 24.1. The van der Waals surface area contributed by atoms with Gasteiger partial charge >= 0.3 is 5.97 Å². The van der Waals surface area contributed by atoms with E-state index in [1.54, 1.807) is 44.2 Å². The lowest BCUT2D eigenvalue weighted by Gasteiger charge is -2.21. The molecule has 1 aromatic rings. The number of carboxylic acid groups (broad SMARTS) is 1. The van der Waals surface area contributed by atoms with Crippen LogP contribution < -0.4 is 0 Å². The molecule has 0 heterocycles. The molecular weight excluding hydrogens is 306 g/mol. The summed E-state index contributed by atoms with van der Waals surface area (Å²) in [6.07, 6.45) is 0. The zero-order chi connectivity index (χ0) is 16.8. The van der Waals surface area contributed by atoms with Crippen LogP contribution in [0.5, 0.6) is 0 Å². The average Bonchev–Trinajstić information content (AvgIpc) is 2.36. The molecule has 1 rings (SSSR count). The number of nitrogens with zero attached hydrogens (tertiary/aromatic N) is 1. The van der Waals surface area contributed by atoms with Crippen molar-refractivity contribution in [1.29, 1.82) is 0 Å². The zero-order valence-electron chi connectivity index (χ0n) is 12.7. The largest absolute Gasteiger partial charge is 0.480 e. The first-order valence-corrected chi connectivity index (χ1v) is 8.75. The van der Waals surface area contributed by atoms with Gasteiger partial charge < -0.3 is 10.0 Å². The fourth-order valence-corrected chi connectivity index (χ4v) is 3.74. The number of carbonyl (C=O) groups excluding carboxylic acids is 1.